The van der Waals surface area contributed by atoms with Crippen LogP contribution in [0.4, 0.5) is 0 Å². The summed E-state index contributed by atoms with van der Waals surface area (Å²) in [6.07, 6.45) is 1.94. The van der Waals surface area contributed by atoms with Crippen molar-refractivity contribution in [2.45, 2.75) is 25.4 Å². The fourth-order valence-electron chi connectivity index (χ4n) is 3.51. The van der Waals surface area contributed by atoms with Crippen molar-refractivity contribution in [2.75, 3.05) is 0 Å². The monoisotopic (exact) mass is 230 g/mol. The van der Waals surface area contributed by atoms with Gasteiger partial charge in [-0.2, -0.15) is 0 Å². The van der Waals surface area contributed by atoms with Crippen LogP contribution in [0.15, 0.2) is 24.3 Å². The minimum absolute atomic E-state index is 0.0278. The molecule has 2 aliphatic carbocycles. The first kappa shape index (κ1) is 10.7. The summed E-state index contributed by atoms with van der Waals surface area (Å²) in [4.78, 5) is 23.5. The summed E-state index contributed by atoms with van der Waals surface area (Å²) >= 11 is 0. The SMILES string of the molecule is C[C@]12CCC(C=O)[C@@]1(O)c1ccccc1C2=O. The Bertz CT molecular complexity index is 522. The van der Waals surface area contributed by atoms with Crippen molar-refractivity contribution in [3.8, 4) is 0 Å². The van der Waals surface area contributed by atoms with Gasteiger partial charge < -0.3 is 9.90 Å². The Labute approximate surface area is 99.5 Å². The van der Waals surface area contributed by atoms with Crippen molar-refractivity contribution in [3.63, 3.8) is 0 Å². The van der Waals surface area contributed by atoms with Crippen LogP contribution >= 0.6 is 0 Å². The summed E-state index contributed by atoms with van der Waals surface area (Å²) in [5.74, 6) is -0.500. The number of carbonyl (C=O) groups is 2. The standard InChI is InChI=1S/C14H14O3/c1-13-7-6-9(8-15)14(13,17)11-5-3-2-4-10(11)12(13)16/h2-5,8-9,17H,6-7H2,1H3/t9?,13-,14-/m1/s1. The van der Waals surface area contributed by atoms with E-state index in [0.29, 0.717) is 24.0 Å². The summed E-state index contributed by atoms with van der Waals surface area (Å²) in [6.45, 7) is 1.78. The molecule has 3 atom stereocenters. The molecule has 0 spiro atoms. The summed E-state index contributed by atoms with van der Waals surface area (Å²) in [5, 5.41) is 10.9. The number of ketones is 1. The van der Waals surface area contributed by atoms with E-state index in [-0.39, 0.29) is 5.78 Å². The number of carbonyl (C=O) groups excluding carboxylic acids is 2. The Hall–Kier alpha value is -1.48. The Morgan fingerprint density at radius 3 is 2.82 bits per heavy atom. The van der Waals surface area contributed by atoms with Crippen LogP contribution in [-0.4, -0.2) is 17.2 Å². The first-order chi connectivity index (χ1) is 8.05. The van der Waals surface area contributed by atoms with Crippen LogP contribution < -0.4 is 0 Å². The summed E-state index contributed by atoms with van der Waals surface area (Å²) in [6, 6.07) is 7.10. The van der Waals surface area contributed by atoms with Gasteiger partial charge in [0.15, 0.2) is 5.78 Å². The third-order valence-corrected chi connectivity index (χ3v) is 4.58. The first-order valence-corrected chi connectivity index (χ1v) is 5.87. The molecule has 0 amide bonds. The molecule has 1 aromatic rings. The number of aldehydes is 1. The number of Topliss-reactive ketones (excluding diaryl/α,β-unsaturated/α-hetero) is 1. The second-order valence-corrected chi connectivity index (χ2v) is 5.25. The fraction of sp³-hybridized carbons (Fsp3) is 0.429. The van der Waals surface area contributed by atoms with Gasteiger partial charge in [-0.3, -0.25) is 4.79 Å². The first-order valence-electron chi connectivity index (χ1n) is 5.87. The van der Waals surface area contributed by atoms with Crippen molar-refractivity contribution in [3.05, 3.63) is 35.4 Å². The molecule has 0 radical (unpaired) electrons. The zero-order valence-corrected chi connectivity index (χ0v) is 9.64. The second kappa shape index (κ2) is 3.05. The predicted octanol–water partition coefficient (Wildman–Crippen LogP) is 1.69. The van der Waals surface area contributed by atoms with Crippen molar-refractivity contribution in [1.29, 1.82) is 0 Å². The van der Waals surface area contributed by atoms with Gasteiger partial charge >= 0.3 is 0 Å². The Balaban J connectivity index is 2.31. The van der Waals surface area contributed by atoms with Gasteiger partial charge in [0.25, 0.3) is 0 Å². The average molecular weight is 230 g/mol. The molecular weight excluding hydrogens is 216 g/mol. The van der Waals surface area contributed by atoms with Crippen molar-refractivity contribution in [1.82, 2.24) is 0 Å². The molecular formula is C14H14O3. The van der Waals surface area contributed by atoms with Gasteiger partial charge in [0, 0.05) is 11.5 Å². The van der Waals surface area contributed by atoms with Crippen LogP contribution in [0, 0.1) is 11.3 Å². The third kappa shape index (κ3) is 0.967. The Morgan fingerprint density at radius 2 is 2.12 bits per heavy atom. The summed E-state index contributed by atoms with van der Waals surface area (Å²) < 4.78 is 0. The lowest BCUT2D eigenvalue weighted by Gasteiger charge is -2.34. The number of rotatable bonds is 1. The zero-order valence-electron chi connectivity index (χ0n) is 9.64. The molecule has 1 N–H and O–H groups in total. The van der Waals surface area contributed by atoms with E-state index in [1.165, 1.54) is 0 Å². The van der Waals surface area contributed by atoms with Crippen LogP contribution in [0.5, 0.6) is 0 Å². The number of hydrogen-bond acceptors (Lipinski definition) is 3. The van der Waals surface area contributed by atoms with E-state index in [0.717, 1.165) is 6.29 Å². The van der Waals surface area contributed by atoms with Gasteiger partial charge in [0.2, 0.25) is 0 Å². The molecule has 0 saturated heterocycles. The Kier molecular flexibility index (Phi) is 1.91. The molecule has 2 aliphatic rings. The molecule has 1 fully saturated rings. The normalized spacial score (nSPS) is 38.9. The van der Waals surface area contributed by atoms with Crippen LogP contribution in [0.25, 0.3) is 0 Å². The van der Waals surface area contributed by atoms with Gasteiger partial charge in [-0.15, -0.1) is 0 Å². The molecule has 3 rings (SSSR count). The van der Waals surface area contributed by atoms with Crippen LogP contribution in [0.3, 0.4) is 0 Å². The van der Waals surface area contributed by atoms with E-state index in [1.807, 2.05) is 0 Å². The molecule has 3 heteroatoms. The lowest BCUT2D eigenvalue weighted by atomic mass is 9.73. The fourth-order valence-corrected chi connectivity index (χ4v) is 3.51. The van der Waals surface area contributed by atoms with Crippen molar-refractivity contribution < 1.29 is 14.7 Å². The lowest BCUT2D eigenvalue weighted by molar-refractivity contribution is -0.123. The molecule has 0 heterocycles. The molecule has 1 saturated carbocycles. The summed E-state index contributed by atoms with van der Waals surface area (Å²) in [5.41, 5.74) is -0.934. The molecule has 3 nitrogen and oxygen atoms in total. The summed E-state index contributed by atoms with van der Waals surface area (Å²) in [7, 11) is 0. The van der Waals surface area contributed by atoms with Gasteiger partial charge in [0.05, 0.1) is 5.41 Å². The average Bonchev–Trinajstić information content (AvgIpc) is 2.70. The highest BCUT2D eigenvalue weighted by Gasteiger charge is 2.66. The van der Waals surface area contributed by atoms with Gasteiger partial charge in [-0.25, -0.2) is 0 Å². The van der Waals surface area contributed by atoms with Crippen LogP contribution in [-0.2, 0) is 10.4 Å². The number of fused-ring (bicyclic) bond motifs is 3. The van der Waals surface area contributed by atoms with E-state index >= 15 is 0 Å². The highest BCUT2D eigenvalue weighted by Crippen LogP contribution is 2.61. The predicted molar refractivity (Wildman–Crippen MR) is 61.6 cm³/mol. The van der Waals surface area contributed by atoms with Crippen molar-refractivity contribution >= 4 is 12.1 Å². The van der Waals surface area contributed by atoms with Gasteiger partial charge in [-0.05, 0) is 25.3 Å². The van der Waals surface area contributed by atoms with E-state index in [2.05, 4.69) is 0 Å². The maximum atomic E-state index is 12.4. The van der Waals surface area contributed by atoms with E-state index in [1.54, 1.807) is 31.2 Å². The highest BCUT2D eigenvalue weighted by atomic mass is 16.3. The van der Waals surface area contributed by atoms with Crippen LogP contribution in [0.2, 0.25) is 0 Å². The second-order valence-electron chi connectivity index (χ2n) is 5.25. The maximum Gasteiger partial charge on any atom is 0.172 e. The number of benzene rings is 1. The number of aliphatic hydroxyl groups is 1. The van der Waals surface area contributed by atoms with Crippen LogP contribution in [0.1, 0.15) is 35.7 Å². The molecule has 0 bridgehead atoms. The zero-order chi connectivity index (χ0) is 12.3. The van der Waals surface area contributed by atoms with E-state index in [4.69, 9.17) is 0 Å². The maximum absolute atomic E-state index is 12.4. The molecule has 17 heavy (non-hydrogen) atoms. The smallest absolute Gasteiger partial charge is 0.172 e. The Morgan fingerprint density at radius 1 is 1.41 bits per heavy atom. The minimum atomic E-state index is -1.30. The lowest BCUT2D eigenvalue weighted by Crippen LogP contribution is -2.43. The topological polar surface area (TPSA) is 54.4 Å². The molecule has 88 valence electrons. The molecule has 1 aromatic carbocycles. The van der Waals surface area contributed by atoms with Crippen molar-refractivity contribution in [2.24, 2.45) is 11.3 Å². The third-order valence-electron chi connectivity index (χ3n) is 4.58. The van der Waals surface area contributed by atoms with E-state index in [9.17, 15) is 14.7 Å². The molecule has 0 aliphatic heterocycles. The molecule has 0 aromatic heterocycles. The molecule has 1 unspecified atom stereocenters. The van der Waals surface area contributed by atoms with Gasteiger partial charge in [0.1, 0.15) is 11.9 Å². The van der Waals surface area contributed by atoms with Gasteiger partial charge in [-0.1, -0.05) is 24.3 Å². The minimum Gasteiger partial charge on any atom is -0.383 e. The number of hydrogen-bond donors (Lipinski definition) is 1. The largest absolute Gasteiger partial charge is 0.383 e. The highest BCUT2D eigenvalue weighted by molar-refractivity contribution is 6.07. The quantitative estimate of drug-likeness (QED) is 0.747. The van der Waals surface area contributed by atoms with E-state index < -0.39 is 16.9 Å².